The molecular weight excluding hydrogens is 582 g/mol. The van der Waals surface area contributed by atoms with Crippen molar-refractivity contribution in [3.05, 3.63) is 29.8 Å². The first kappa shape index (κ1) is 33.1. The van der Waals surface area contributed by atoms with Crippen molar-refractivity contribution in [1.82, 2.24) is 4.72 Å². The second-order valence-electron chi connectivity index (χ2n) is 14.7. The van der Waals surface area contributed by atoms with Crippen LogP contribution in [0.5, 0.6) is 0 Å². The SMILES string of the molecule is CC[C@H]1[C@@H](O)[C@@H]2[C@H](CC[C@]3(C)[C@@H]([C@H](C)CCCNS(=O)(=O)c4ccccc4C(F)(F)F)CC[C@@H]23)[C@@]2(C)CC[C@@H](O)[C@H](F)[C@@H]12. The van der Waals surface area contributed by atoms with E-state index < -0.39 is 45.0 Å². The van der Waals surface area contributed by atoms with Gasteiger partial charge in [-0.05, 0) is 110 Å². The van der Waals surface area contributed by atoms with Crippen LogP contribution in [0.25, 0.3) is 0 Å². The van der Waals surface area contributed by atoms with Gasteiger partial charge >= 0.3 is 6.18 Å². The summed E-state index contributed by atoms with van der Waals surface area (Å²) in [5.74, 6) is 0.816. The van der Waals surface area contributed by atoms with Crippen molar-refractivity contribution < 1.29 is 36.2 Å². The molecular formula is C33H49F4NO4S. The Balaban J connectivity index is 1.25. The Morgan fingerprint density at radius 2 is 1.67 bits per heavy atom. The van der Waals surface area contributed by atoms with Gasteiger partial charge in [0, 0.05) is 12.5 Å². The number of aliphatic hydroxyl groups is 2. The number of hydrogen-bond acceptors (Lipinski definition) is 4. The van der Waals surface area contributed by atoms with E-state index >= 15 is 4.39 Å². The van der Waals surface area contributed by atoms with E-state index in [1.54, 1.807) is 0 Å². The minimum Gasteiger partial charge on any atom is -0.393 e. The molecule has 4 aliphatic carbocycles. The van der Waals surface area contributed by atoms with E-state index in [1.807, 2.05) is 6.92 Å². The Bertz CT molecular complexity index is 1260. The Hall–Kier alpha value is -1.23. The number of hydrogen-bond donors (Lipinski definition) is 3. The van der Waals surface area contributed by atoms with Crippen molar-refractivity contribution in [2.24, 2.45) is 52.3 Å². The minimum absolute atomic E-state index is 0.0114. The highest BCUT2D eigenvalue weighted by atomic mass is 32.2. The average molecular weight is 632 g/mol. The minimum atomic E-state index is -4.76. The summed E-state index contributed by atoms with van der Waals surface area (Å²) < 4.78 is 83.6. The van der Waals surface area contributed by atoms with Crippen molar-refractivity contribution >= 4 is 10.0 Å². The van der Waals surface area contributed by atoms with Crippen LogP contribution in [0.2, 0.25) is 0 Å². The van der Waals surface area contributed by atoms with Gasteiger partial charge in [0.15, 0.2) is 0 Å². The third-order valence-electron chi connectivity index (χ3n) is 12.8. The summed E-state index contributed by atoms with van der Waals surface area (Å²) in [6.45, 7) is 8.85. The summed E-state index contributed by atoms with van der Waals surface area (Å²) in [5, 5.41) is 22.2. The predicted molar refractivity (Wildman–Crippen MR) is 157 cm³/mol. The topological polar surface area (TPSA) is 86.6 Å². The summed E-state index contributed by atoms with van der Waals surface area (Å²) in [5.41, 5.74) is -1.40. The molecule has 0 radical (unpaired) electrons. The second kappa shape index (κ2) is 11.8. The summed E-state index contributed by atoms with van der Waals surface area (Å²) in [7, 11) is -4.31. The van der Waals surface area contributed by atoms with Crippen LogP contribution >= 0.6 is 0 Å². The Kier molecular flexibility index (Phi) is 9.13. The number of rotatable bonds is 8. The first-order chi connectivity index (χ1) is 20.1. The zero-order chi connectivity index (χ0) is 31.5. The van der Waals surface area contributed by atoms with Crippen LogP contribution in [-0.4, -0.2) is 43.6 Å². The number of fused-ring (bicyclic) bond motifs is 5. The molecule has 0 heterocycles. The lowest BCUT2D eigenvalue weighted by Gasteiger charge is -2.65. The Labute approximate surface area is 254 Å². The largest absolute Gasteiger partial charge is 0.417 e. The lowest BCUT2D eigenvalue weighted by molar-refractivity contribution is -0.222. The molecule has 0 spiro atoms. The molecule has 0 aromatic heterocycles. The normalized spacial score (nSPS) is 42.1. The van der Waals surface area contributed by atoms with Gasteiger partial charge in [-0.1, -0.05) is 46.2 Å². The van der Waals surface area contributed by atoms with Gasteiger partial charge in [-0.2, -0.15) is 13.2 Å². The standard InChI is InChI=1S/C33H49F4NO4S/c1-5-20-28-29(34)25(39)15-17-32(28,4)24-14-16-31(3)21(12-13-23(31)27(24)30(20)40)19(2)9-8-18-38-43(41,42)26-11-7-6-10-22(26)33(35,36)37/h6-7,10-11,19-21,23-25,27-30,38-40H,5,8-9,12-18H2,1-4H3/t19-,20-,21-,23+,24+,25-,27+,28-,29+,30-,31-,32-/m1/s1. The highest BCUT2D eigenvalue weighted by Crippen LogP contribution is 2.69. The van der Waals surface area contributed by atoms with Crippen molar-refractivity contribution in [1.29, 1.82) is 0 Å². The molecule has 12 atom stereocenters. The van der Waals surface area contributed by atoms with E-state index in [9.17, 15) is 31.8 Å². The smallest absolute Gasteiger partial charge is 0.393 e. The number of alkyl halides is 4. The van der Waals surface area contributed by atoms with Gasteiger partial charge in [0.05, 0.1) is 22.7 Å². The summed E-state index contributed by atoms with van der Waals surface area (Å²) in [4.78, 5) is -0.752. The summed E-state index contributed by atoms with van der Waals surface area (Å²) in [6.07, 6.45) is -0.461. The van der Waals surface area contributed by atoms with E-state index in [1.165, 1.54) is 12.1 Å². The van der Waals surface area contributed by atoms with Crippen LogP contribution in [-0.2, 0) is 16.2 Å². The second-order valence-corrected chi connectivity index (χ2v) is 16.4. The van der Waals surface area contributed by atoms with Gasteiger partial charge in [-0.3, -0.25) is 0 Å². The zero-order valence-corrected chi connectivity index (χ0v) is 26.6. The first-order valence-electron chi connectivity index (χ1n) is 16.2. The maximum Gasteiger partial charge on any atom is 0.417 e. The molecule has 3 N–H and O–H groups in total. The molecule has 1 aromatic carbocycles. The van der Waals surface area contributed by atoms with E-state index in [-0.39, 0.29) is 47.0 Å². The molecule has 0 unspecified atom stereocenters. The molecule has 4 saturated carbocycles. The van der Waals surface area contributed by atoms with Gasteiger partial charge in [0.2, 0.25) is 10.0 Å². The number of halogens is 4. The molecule has 5 rings (SSSR count). The number of benzene rings is 1. The Morgan fingerprint density at radius 1 is 1.02 bits per heavy atom. The fourth-order valence-corrected chi connectivity index (χ4v) is 12.1. The molecule has 0 aliphatic heterocycles. The molecule has 0 saturated heterocycles. The van der Waals surface area contributed by atoms with Crippen molar-refractivity contribution in [3.8, 4) is 0 Å². The average Bonchev–Trinajstić information content (AvgIpc) is 3.31. The van der Waals surface area contributed by atoms with Gasteiger partial charge in [-0.15, -0.1) is 0 Å². The van der Waals surface area contributed by atoms with Gasteiger partial charge in [-0.25, -0.2) is 17.5 Å². The predicted octanol–water partition coefficient (Wildman–Crippen LogP) is 6.97. The number of aliphatic hydroxyl groups excluding tert-OH is 2. The molecule has 10 heteroatoms. The molecule has 43 heavy (non-hydrogen) atoms. The molecule has 244 valence electrons. The van der Waals surface area contributed by atoms with Crippen LogP contribution < -0.4 is 4.72 Å². The van der Waals surface area contributed by atoms with Crippen LogP contribution in [0, 0.1) is 52.3 Å². The van der Waals surface area contributed by atoms with Crippen LogP contribution in [0.4, 0.5) is 17.6 Å². The molecule has 0 bridgehead atoms. The van der Waals surface area contributed by atoms with E-state index in [0.29, 0.717) is 31.1 Å². The summed E-state index contributed by atoms with van der Waals surface area (Å²) >= 11 is 0. The van der Waals surface area contributed by atoms with Gasteiger partial charge < -0.3 is 10.2 Å². The van der Waals surface area contributed by atoms with Crippen LogP contribution in [0.1, 0.15) is 91.0 Å². The van der Waals surface area contributed by atoms with E-state index in [4.69, 9.17) is 0 Å². The molecule has 0 amide bonds. The monoisotopic (exact) mass is 631 g/mol. The Morgan fingerprint density at radius 3 is 2.35 bits per heavy atom. The van der Waals surface area contributed by atoms with E-state index in [0.717, 1.165) is 50.7 Å². The molecule has 5 nitrogen and oxygen atoms in total. The maximum atomic E-state index is 15.6. The van der Waals surface area contributed by atoms with Crippen molar-refractivity contribution in [2.75, 3.05) is 6.54 Å². The van der Waals surface area contributed by atoms with Gasteiger partial charge in [0.25, 0.3) is 0 Å². The van der Waals surface area contributed by atoms with Crippen molar-refractivity contribution in [3.63, 3.8) is 0 Å². The lowest BCUT2D eigenvalue weighted by Crippen LogP contribution is -2.65. The fourth-order valence-electron chi connectivity index (χ4n) is 10.8. The maximum absolute atomic E-state index is 15.6. The molecule has 1 aromatic rings. The van der Waals surface area contributed by atoms with Crippen molar-refractivity contribution in [2.45, 2.75) is 115 Å². The third-order valence-corrected chi connectivity index (χ3v) is 14.3. The highest BCUT2D eigenvalue weighted by molar-refractivity contribution is 7.89. The first-order valence-corrected chi connectivity index (χ1v) is 17.7. The summed E-state index contributed by atoms with van der Waals surface area (Å²) in [6, 6.07) is 4.23. The highest BCUT2D eigenvalue weighted by Gasteiger charge is 2.66. The van der Waals surface area contributed by atoms with Crippen LogP contribution in [0.15, 0.2) is 29.2 Å². The lowest BCUT2D eigenvalue weighted by atomic mass is 9.41. The van der Waals surface area contributed by atoms with Gasteiger partial charge in [0.1, 0.15) is 6.17 Å². The number of sulfonamides is 1. The van der Waals surface area contributed by atoms with Crippen LogP contribution in [0.3, 0.4) is 0 Å². The number of nitrogens with one attached hydrogen (secondary N) is 1. The quantitative estimate of drug-likeness (QED) is 0.214. The molecule has 4 aliphatic rings. The van der Waals surface area contributed by atoms with E-state index in [2.05, 4.69) is 25.5 Å². The molecule has 4 fully saturated rings. The fraction of sp³-hybridized carbons (Fsp3) is 0.818. The zero-order valence-electron chi connectivity index (χ0n) is 25.8. The third kappa shape index (κ3) is 5.58.